The fraction of sp³-hybridized carbons (Fsp3) is 0. The lowest BCUT2D eigenvalue weighted by Crippen LogP contribution is -1.97. The molecule has 2 aromatic heterocycles. The zero-order chi connectivity index (χ0) is 21.8. The first-order valence-electron chi connectivity index (χ1n) is 10.2. The zero-order valence-electron chi connectivity index (χ0n) is 17.1. The smallest absolute Gasteiger partial charge is 0.217 e. The number of nitriles is 1. The van der Waals surface area contributed by atoms with Crippen molar-refractivity contribution in [2.75, 3.05) is 5.32 Å². The van der Waals surface area contributed by atoms with Crippen molar-refractivity contribution in [2.45, 2.75) is 0 Å². The lowest BCUT2D eigenvalue weighted by Gasteiger charge is -2.04. The molecule has 5 heteroatoms. The predicted molar refractivity (Wildman–Crippen MR) is 125 cm³/mol. The summed E-state index contributed by atoms with van der Waals surface area (Å²) in [5.74, 6) is 1.46. The number of furan rings is 1. The molecule has 0 saturated heterocycles. The summed E-state index contributed by atoms with van der Waals surface area (Å²) in [5, 5.41) is 21.7. The van der Waals surface area contributed by atoms with Crippen LogP contribution in [0.1, 0.15) is 5.56 Å². The van der Waals surface area contributed by atoms with Crippen molar-refractivity contribution < 1.29 is 4.42 Å². The highest BCUT2D eigenvalue weighted by atomic mass is 16.4. The van der Waals surface area contributed by atoms with E-state index < -0.39 is 0 Å². The van der Waals surface area contributed by atoms with E-state index in [9.17, 15) is 5.26 Å². The topological polar surface area (TPSA) is 74.7 Å². The standard InChI is InChI=1S/C27H18N4O/c28-18-22-25(20-12-6-2-7-13-20)26(21-14-8-3-9-15-21)32-27(22)29-24-17-16-23(30-31-24)19-10-4-1-5-11-19/h1-17H,(H,29,31). The van der Waals surface area contributed by atoms with Crippen LogP contribution >= 0.6 is 0 Å². The van der Waals surface area contributed by atoms with Gasteiger partial charge in [0.2, 0.25) is 5.88 Å². The first-order valence-corrected chi connectivity index (χ1v) is 10.2. The summed E-state index contributed by atoms with van der Waals surface area (Å²) in [7, 11) is 0. The van der Waals surface area contributed by atoms with Crippen LogP contribution in [0.5, 0.6) is 0 Å². The van der Waals surface area contributed by atoms with E-state index in [0.29, 0.717) is 23.0 Å². The third-order valence-electron chi connectivity index (χ3n) is 5.09. The van der Waals surface area contributed by atoms with Gasteiger partial charge in [-0.3, -0.25) is 0 Å². The third-order valence-corrected chi connectivity index (χ3v) is 5.09. The molecule has 0 bridgehead atoms. The number of benzene rings is 3. The van der Waals surface area contributed by atoms with Crippen molar-refractivity contribution in [3.63, 3.8) is 0 Å². The van der Waals surface area contributed by atoms with E-state index in [1.807, 2.05) is 103 Å². The lowest BCUT2D eigenvalue weighted by atomic mass is 9.98. The molecule has 3 aromatic carbocycles. The number of rotatable bonds is 5. The molecular weight excluding hydrogens is 396 g/mol. The minimum absolute atomic E-state index is 0.340. The fourth-order valence-electron chi connectivity index (χ4n) is 3.58. The summed E-state index contributed by atoms with van der Waals surface area (Å²) in [6.45, 7) is 0. The van der Waals surface area contributed by atoms with E-state index in [1.165, 1.54) is 0 Å². The van der Waals surface area contributed by atoms with Crippen molar-refractivity contribution in [1.82, 2.24) is 10.2 Å². The molecule has 32 heavy (non-hydrogen) atoms. The van der Waals surface area contributed by atoms with E-state index in [2.05, 4.69) is 21.6 Å². The lowest BCUT2D eigenvalue weighted by molar-refractivity contribution is 0.599. The fourth-order valence-corrected chi connectivity index (χ4v) is 3.58. The molecule has 0 unspecified atom stereocenters. The Labute approximate surface area is 185 Å². The Morgan fingerprint density at radius 2 is 1.25 bits per heavy atom. The monoisotopic (exact) mass is 414 g/mol. The van der Waals surface area contributed by atoms with Gasteiger partial charge in [0.25, 0.3) is 0 Å². The molecule has 1 N–H and O–H groups in total. The number of anilines is 2. The van der Waals surface area contributed by atoms with Gasteiger partial charge in [0.1, 0.15) is 17.4 Å². The van der Waals surface area contributed by atoms with E-state index >= 15 is 0 Å². The van der Waals surface area contributed by atoms with Crippen LogP contribution in [0.4, 0.5) is 11.7 Å². The van der Waals surface area contributed by atoms with Crippen LogP contribution in [0.2, 0.25) is 0 Å². The summed E-state index contributed by atoms with van der Waals surface area (Å²) >= 11 is 0. The van der Waals surface area contributed by atoms with Crippen molar-refractivity contribution in [3.8, 4) is 39.8 Å². The van der Waals surface area contributed by atoms with Crippen LogP contribution < -0.4 is 5.32 Å². The Morgan fingerprint density at radius 3 is 1.81 bits per heavy atom. The Morgan fingerprint density at radius 1 is 0.656 bits per heavy atom. The largest absolute Gasteiger partial charge is 0.438 e. The molecule has 0 saturated carbocycles. The normalized spacial score (nSPS) is 10.5. The predicted octanol–water partition coefficient (Wildman–Crippen LogP) is 6.69. The van der Waals surface area contributed by atoms with Gasteiger partial charge in [-0.25, -0.2) is 0 Å². The average molecular weight is 414 g/mol. The maximum absolute atomic E-state index is 10.0. The molecule has 0 radical (unpaired) electrons. The average Bonchev–Trinajstić information content (AvgIpc) is 3.24. The Kier molecular flexibility index (Phi) is 5.17. The Bertz CT molecular complexity index is 1370. The van der Waals surface area contributed by atoms with Crippen LogP contribution in [0.3, 0.4) is 0 Å². The number of aromatic nitrogens is 2. The van der Waals surface area contributed by atoms with Crippen LogP contribution in [0.15, 0.2) is 108 Å². The van der Waals surface area contributed by atoms with Gasteiger partial charge < -0.3 is 9.73 Å². The molecule has 5 rings (SSSR count). The highest BCUT2D eigenvalue weighted by Crippen LogP contribution is 2.42. The molecule has 0 fully saturated rings. The number of hydrogen-bond donors (Lipinski definition) is 1. The highest BCUT2D eigenvalue weighted by Gasteiger charge is 2.23. The highest BCUT2D eigenvalue weighted by molar-refractivity contribution is 5.89. The number of nitrogens with zero attached hydrogens (tertiary/aromatic N) is 3. The summed E-state index contributed by atoms with van der Waals surface area (Å²) in [5.41, 5.74) is 4.72. The second-order valence-corrected chi connectivity index (χ2v) is 7.15. The van der Waals surface area contributed by atoms with Gasteiger partial charge >= 0.3 is 0 Å². The van der Waals surface area contributed by atoms with Gasteiger partial charge in [-0.1, -0.05) is 91.0 Å². The molecular formula is C27H18N4O. The maximum Gasteiger partial charge on any atom is 0.217 e. The molecule has 5 nitrogen and oxygen atoms in total. The first-order chi connectivity index (χ1) is 15.8. The molecule has 5 aromatic rings. The summed E-state index contributed by atoms with van der Waals surface area (Å²) < 4.78 is 6.19. The minimum Gasteiger partial charge on any atom is -0.438 e. The molecule has 0 atom stereocenters. The molecule has 0 aliphatic heterocycles. The molecule has 152 valence electrons. The van der Waals surface area contributed by atoms with Crippen molar-refractivity contribution in [3.05, 3.63) is 109 Å². The van der Waals surface area contributed by atoms with Crippen LogP contribution in [-0.2, 0) is 0 Å². The van der Waals surface area contributed by atoms with E-state index in [4.69, 9.17) is 4.42 Å². The van der Waals surface area contributed by atoms with Crippen molar-refractivity contribution in [2.24, 2.45) is 0 Å². The van der Waals surface area contributed by atoms with Crippen LogP contribution in [0, 0.1) is 11.3 Å². The van der Waals surface area contributed by atoms with Gasteiger partial charge in [-0.2, -0.15) is 5.26 Å². The number of nitrogens with one attached hydrogen (secondary N) is 1. The maximum atomic E-state index is 10.0. The van der Waals surface area contributed by atoms with Crippen LogP contribution in [-0.4, -0.2) is 10.2 Å². The second kappa shape index (κ2) is 8.58. The first kappa shape index (κ1) is 19.3. The van der Waals surface area contributed by atoms with E-state index in [-0.39, 0.29) is 0 Å². The molecule has 0 aliphatic carbocycles. The summed E-state index contributed by atoms with van der Waals surface area (Å²) in [6.07, 6.45) is 0. The van der Waals surface area contributed by atoms with Gasteiger partial charge in [-0.15, -0.1) is 10.2 Å². The third kappa shape index (κ3) is 3.73. The Balaban J connectivity index is 1.56. The minimum atomic E-state index is 0.340. The van der Waals surface area contributed by atoms with Gasteiger partial charge in [0.15, 0.2) is 5.82 Å². The van der Waals surface area contributed by atoms with Crippen molar-refractivity contribution in [1.29, 1.82) is 5.26 Å². The van der Waals surface area contributed by atoms with Gasteiger partial charge in [-0.05, 0) is 17.7 Å². The van der Waals surface area contributed by atoms with Gasteiger partial charge in [0, 0.05) is 16.7 Å². The SMILES string of the molecule is N#Cc1c(Nc2ccc(-c3ccccc3)nn2)oc(-c2ccccc2)c1-c1ccccc1. The van der Waals surface area contributed by atoms with E-state index in [0.717, 1.165) is 27.9 Å². The van der Waals surface area contributed by atoms with E-state index in [1.54, 1.807) is 0 Å². The van der Waals surface area contributed by atoms with Crippen molar-refractivity contribution >= 4 is 11.7 Å². The molecule has 2 heterocycles. The quantitative estimate of drug-likeness (QED) is 0.347. The van der Waals surface area contributed by atoms with Gasteiger partial charge in [0.05, 0.1) is 5.69 Å². The van der Waals surface area contributed by atoms with Crippen LogP contribution in [0.25, 0.3) is 33.7 Å². The molecule has 0 amide bonds. The second-order valence-electron chi connectivity index (χ2n) is 7.15. The number of hydrogen-bond acceptors (Lipinski definition) is 5. The summed E-state index contributed by atoms with van der Waals surface area (Å²) in [4.78, 5) is 0. The summed E-state index contributed by atoms with van der Waals surface area (Å²) in [6, 6.07) is 35.4. The Hall–Kier alpha value is -4.69. The zero-order valence-corrected chi connectivity index (χ0v) is 17.1. The molecule has 0 aliphatic rings. The molecule has 0 spiro atoms.